The van der Waals surface area contributed by atoms with Gasteiger partial charge in [0.15, 0.2) is 0 Å². The Morgan fingerprint density at radius 1 is 0.781 bits per heavy atom. The molecule has 0 saturated carbocycles. The van der Waals surface area contributed by atoms with Crippen molar-refractivity contribution in [2.75, 3.05) is 0 Å². The molecular weight excluding hydrogens is 499 g/mol. The fourth-order valence-corrected chi connectivity index (χ4v) is 15.3. The maximum atomic E-state index is 13.4. The number of hydrogen-bond donors (Lipinski definition) is 0. The van der Waals surface area contributed by atoms with E-state index in [1.165, 1.54) is 39.3 Å². The van der Waals surface area contributed by atoms with E-state index >= 15 is 0 Å². The summed E-state index contributed by atoms with van der Waals surface area (Å²) in [5.41, 5.74) is 1.60. The number of hydrogen-bond acceptors (Lipinski definition) is 2. The summed E-state index contributed by atoms with van der Waals surface area (Å²) in [6, 6.07) is 28.5. The van der Waals surface area contributed by atoms with Crippen LogP contribution in [0.5, 0.6) is 0 Å². The van der Waals surface area contributed by atoms with Gasteiger partial charge in [0, 0.05) is 0 Å². The Balaban J connectivity index is 1.93. The Bertz CT molecular complexity index is 926. The van der Waals surface area contributed by atoms with Crippen LogP contribution in [0.1, 0.15) is 61.4 Å². The molecule has 3 aromatic carbocycles. The molecule has 0 aliphatic carbocycles. The SMILES string of the molecule is C=Cc1ccc(C(=O)[O][Sn]([CH2]CCCCCCC)([c]2ccccc2)[c]2ccccc2)cc1. The van der Waals surface area contributed by atoms with Crippen LogP contribution in [0.4, 0.5) is 0 Å². The van der Waals surface area contributed by atoms with Gasteiger partial charge in [0.2, 0.25) is 0 Å². The van der Waals surface area contributed by atoms with Crippen molar-refractivity contribution in [3.63, 3.8) is 0 Å². The van der Waals surface area contributed by atoms with Gasteiger partial charge in [-0.05, 0) is 0 Å². The number of carbonyl (C=O) groups excluding carboxylic acids is 1. The van der Waals surface area contributed by atoms with E-state index in [1.54, 1.807) is 6.08 Å². The monoisotopic (exact) mass is 534 g/mol. The van der Waals surface area contributed by atoms with Crippen LogP contribution < -0.4 is 7.16 Å². The van der Waals surface area contributed by atoms with Crippen LogP contribution in [0.2, 0.25) is 4.44 Å². The van der Waals surface area contributed by atoms with Gasteiger partial charge in [-0.1, -0.05) is 0 Å². The van der Waals surface area contributed by atoms with E-state index in [1.807, 2.05) is 36.4 Å². The quantitative estimate of drug-likeness (QED) is 0.194. The molecule has 0 atom stereocenters. The summed E-state index contributed by atoms with van der Waals surface area (Å²) < 4.78 is 10.0. The third kappa shape index (κ3) is 6.35. The van der Waals surface area contributed by atoms with E-state index in [0.717, 1.165) is 16.4 Å². The van der Waals surface area contributed by atoms with Crippen molar-refractivity contribution in [2.45, 2.75) is 49.9 Å². The summed E-state index contributed by atoms with van der Waals surface area (Å²) in [6.45, 7) is 6.04. The summed E-state index contributed by atoms with van der Waals surface area (Å²) in [4.78, 5) is 13.4. The molecule has 0 aliphatic rings. The molecule has 166 valence electrons. The van der Waals surface area contributed by atoms with Gasteiger partial charge in [-0.2, -0.15) is 0 Å². The average Bonchev–Trinajstić information content (AvgIpc) is 2.86. The Morgan fingerprint density at radius 3 is 1.84 bits per heavy atom. The zero-order valence-corrected chi connectivity index (χ0v) is 22.0. The first-order valence-corrected chi connectivity index (χ1v) is 17.8. The molecule has 0 bridgehead atoms. The molecule has 0 amide bonds. The Labute approximate surface area is 197 Å². The van der Waals surface area contributed by atoms with Gasteiger partial charge in [-0.3, -0.25) is 0 Å². The molecule has 0 heterocycles. The third-order valence-corrected chi connectivity index (χ3v) is 17.8. The molecule has 0 N–H and O–H groups in total. The third-order valence-electron chi connectivity index (χ3n) is 6.01. The van der Waals surface area contributed by atoms with E-state index in [-0.39, 0.29) is 5.97 Å². The molecule has 0 saturated heterocycles. The van der Waals surface area contributed by atoms with Crippen molar-refractivity contribution in [3.05, 3.63) is 103 Å². The number of rotatable bonds is 12. The normalized spacial score (nSPS) is 11.2. The van der Waals surface area contributed by atoms with Gasteiger partial charge in [-0.15, -0.1) is 0 Å². The van der Waals surface area contributed by atoms with Gasteiger partial charge >= 0.3 is 198 Å². The van der Waals surface area contributed by atoms with Crippen molar-refractivity contribution < 1.29 is 7.87 Å². The van der Waals surface area contributed by atoms with E-state index in [4.69, 9.17) is 3.07 Å². The molecule has 2 nitrogen and oxygen atoms in total. The number of unbranched alkanes of at least 4 members (excludes halogenated alkanes) is 5. The van der Waals surface area contributed by atoms with Crippen LogP contribution in [0.25, 0.3) is 6.08 Å². The molecule has 32 heavy (non-hydrogen) atoms. The average molecular weight is 533 g/mol. The first kappa shape index (κ1) is 24.3. The zero-order chi connectivity index (χ0) is 22.7. The standard InChI is InChI=1S/C9H8O2.C8H17.2C6H5.Sn/c1-2-7-3-5-8(6-4-7)9(10)11;1-3-5-7-8-6-4-2;2*1-2-4-6-5-3-1;/h2-6H,1H2,(H,10,11);1,3-8H2,2H3;2*1-5H;/q;;;;+1/p-1. The van der Waals surface area contributed by atoms with Crippen LogP contribution in [-0.4, -0.2) is 24.8 Å². The molecule has 0 aromatic heterocycles. The van der Waals surface area contributed by atoms with E-state index in [0.29, 0.717) is 5.56 Å². The minimum atomic E-state index is -3.74. The van der Waals surface area contributed by atoms with E-state index in [9.17, 15) is 4.79 Å². The molecule has 3 rings (SSSR count). The van der Waals surface area contributed by atoms with E-state index < -0.39 is 18.8 Å². The van der Waals surface area contributed by atoms with Crippen LogP contribution in [-0.2, 0) is 3.07 Å². The molecular formula is C29H34O2Sn. The van der Waals surface area contributed by atoms with Gasteiger partial charge in [0.05, 0.1) is 0 Å². The second-order valence-electron chi connectivity index (χ2n) is 8.29. The summed E-state index contributed by atoms with van der Waals surface area (Å²) in [5, 5.41) is 0. The topological polar surface area (TPSA) is 26.3 Å². The maximum absolute atomic E-state index is 13.4. The van der Waals surface area contributed by atoms with Crippen LogP contribution in [0.3, 0.4) is 0 Å². The van der Waals surface area contributed by atoms with Crippen LogP contribution >= 0.6 is 0 Å². The second kappa shape index (κ2) is 12.6. The molecule has 0 fully saturated rings. The van der Waals surface area contributed by atoms with Crippen LogP contribution in [0, 0.1) is 0 Å². The van der Waals surface area contributed by atoms with Crippen molar-refractivity contribution in [1.29, 1.82) is 0 Å². The van der Waals surface area contributed by atoms with Gasteiger partial charge in [-0.25, -0.2) is 0 Å². The summed E-state index contributed by atoms with van der Waals surface area (Å²) in [6.07, 6.45) is 9.13. The van der Waals surface area contributed by atoms with Crippen LogP contribution in [0.15, 0.2) is 91.5 Å². The summed E-state index contributed by atoms with van der Waals surface area (Å²) >= 11 is -3.74. The molecule has 0 radical (unpaired) electrons. The van der Waals surface area contributed by atoms with Crippen molar-refractivity contribution in [2.24, 2.45) is 0 Å². The van der Waals surface area contributed by atoms with Crippen molar-refractivity contribution in [3.8, 4) is 0 Å². The number of carbonyl (C=O) groups is 1. The first-order valence-electron chi connectivity index (χ1n) is 11.8. The van der Waals surface area contributed by atoms with Gasteiger partial charge < -0.3 is 0 Å². The van der Waals surface area contributed by atoms with Crippen molar-refractivity contribution >= 4 is 38.0 Å². The number of benzene rings is 3. The second-order valence-corrected chi connectivity index (χ2v) is 18.3. The summed E-state index contributed by atoms with van der Waals surface area (Å²) in [5.74, 6) is -0.213. The molecule has 0 spiro atoms. The van der Waals surface area contributed by atoms with Gasteiger partial charge in [0.25, 0.3) is 0 Å². The predicted molar refractivity (Wildman–Crippen MR) is 138 cm³/mol. The first-order chi connectivity index (χ1) is 15.7. The van der Waals surface area contributed by atoms with E-state index in [2.05, 4.69) is 62.0 Å². The Morgan fingerprint density at radius 2 is 1.31 bits per heavy atom. The van der Waals surface area contributed by atoms with Crippen molar-refractivity contribution in [1.82, 2.24) is 0 Å². The molecule has 3 heteroatoms. The Kier molecular flexibility index (Phi) is 9.60. The predicted octanol–water partition coefficient (Wildman–Crippen LogP) is 6.61. The molecule has 3 aromatic rings. The summed E-state index contributed by atoms with van der Waals surface area (Å²) in [7, 11) is 0. The fraction of sp³-hybridized carbons (Fsp3) is 0.276. The fourth-order valence-electron chi connectivity index (χ4n) is 4.17. The minimum absolute atomic E-state index is 0.213. The molecule has 0 aliphatic heterocycles. The van der Waals surface area contributed by atoms with Gasteiger partial charge in [0.1, 0.15) is 0 Å². The Hall–Kier alpha value is -2.33. The zero-order valence-electron chi connectivity index (χ0n) is 19.1. The molecule has 0 unspecified atom stereocenters.